The molecular formula is C12H18N4O2. The number of amides is 2. The molecule has 2 N–H and O–H groups in total. The van der Waals surface area contributed by atoms with Gasteiger partial charge in [0.15, 0.2) is 0 Å². The van der Waals surface area contributed by atoms with Gasteiger partial charge in [-0.1, -0.05) is 6.07 Å². The molecule has 0 spiro atoms. The fraction of sp³-hybridized carbons (Fsp3) is 0.417. The maximum atomic E-state index is 11.7. The van der Waals surface area contributed by atoms with E-state index < -0.39 is 0 Å². The first-order chi connectivity index (χ1) is 8.51. The van der Waals surface area contributed by atoms with Crippen molar-refractivity contribution in [3.8, 4) is 0 Å². The second-order valence-corrected chi connectivity index (χ2v) is 4.11. The lowest BCUT2D eigenvalue weighted by Gasteiger charge is -2.14. The summed E-state index contributed by atoms with van der Waals surface area (Å²) in [6.45, 7) is 2.25. The summed E-state index contributed by atoms with van der Waals surface area (Å²) in [5.74, 6) is 0.190. The van der Waals surface area contributed by atoms with Gasteiger partial charge in [-0.3, -0.25) is 14.5 Å². The van der Waals surface area contributed by atoms with Gasteiger partial charge in [0.2, 0.25) is 11.8 Å². The zero-order chi connectivity index (χ0) is 13.5. The molecule has 0 aliphatic carbocycles. The number of nitrogens with zero attached hydrogens (tertiary/aromatic N) is 2. The SMILES string of the molecule is CNC(=O)CN(C)CC(=O)Nc1ccc(C)cn1. The van der Waals surface area contributed by atoms with E-state index in [1.807, 2.05) is 13.0 Å². The summed E-state index contributed by atoms with van der Waals surface area (Å²) in [6.07, 6.45) is 1.68. The number of likely N-dealkylation sites (N-methyl/N-ethyl adjacent to an activating group) is 2. The van der Waals surface area contributed by atoms with Gasteiger partial charge in [0.25, 0.3) is 0 Å². The van der Waals surface area contributed by atoms with Crippen molar-refractivity contribution in [2.24, 2.45) is 0 Å². The molecule has 18 heavy (non-hydrogen) atoms. The number of pyridine rings is 1. The Morgan fingerprint density at radius 2 is 1.94 bits per heavy atom. The minimum Gasteiger partial charge on any atom is -0.358 e. The van der Waals surface area contributed by atoms with Gasteiger partial charge in [0, 0.05) is 13.2 Å². The Hall–Kier alpha value is -1.95. The normalized spacial score (nSPS) is 10.2. The second-order valence-electron chi connectivity index (χ2n) is 4.11. The monoisotopic (exact) mass is 250 g/mol. The van der Waals surface area contributed by atoms with Crippen LogP contribution in [0.15, 0.2) is 18.3 Å². The predicted octanol–water partition coefficient (Wildman–Crippen LogP) is 0.00632. The Bertz CT molecular complexity index is 417. The lowest BCUT2D eigenvalue weighted by atomic mass is 10.3. The molecule has 1 aromatic heterocycles. The summed E-state index contributed by atoms with van der Waals surface area (Å²) in [6, 6.07) is 3.61. The molecule has 0 radical (unpaired) electrons. The first kappa shape index (κ1) is 14.1. The summed E-state index contributed by atoms with van der Waals surface area (Å²) >= 11 is 0. The molecule has 0 bridgehead atoms. The van der Waals surface area contributed by atoms with E-state index in [0.717, 1.165) is 5.56 Å². The highest BCUT2D eigenvalue weighted by Crippen LogP contribution is 2.03. The topological polar surface area (TPSA) is 74.3 Å². The van der Waals surface area contributed by atoms with Gasteiger partial charge in [-0.15, -0.1) is 0 Å². The molecular weight excluding hydrogens is 232 g/mol. The summed E-state index contributed by atoms with van der Waals surface area (Å²) < 4.78 is 0. The third kappa shape index (κ3) is 4.92. The molecule has 0 fully saturated rings. The van der Waals surface area contributed by atoms with Crippen molar-refractivity contribution in [1.82, 2.24) is 15.2 Å². The molecule has 6 heteroatoms. The Kier molecular flexibility index (Phi) is 5.26. The number of aromatic nitrogens is 1. The predicted molar refractivity (Wildman–Crippen MR) is 69.2 cm³/mol. The molecule has 1 heterocycles. The zero-order valence-corrected chi connectivity index (χ0v) is 10.9. The number of carbonyl (C=O) groups is 2. The highest BCUT2D eigenvalue weighted by atomic mass is 16.2. The summed E-state index contributed by atoms with van der Waals surface area (Å²) in [4.78, 5) is 28.5. The van der Waals surface area contributed by atoms with Gasteiger partial charge >= 0.3 is 0 Å². The van der Waals surface area contributed by atoms with Crippen LogP contribution in [0.4, 0.5) is 5.82 Å². The fourth-order valence-corrected chi connectivity index (χ4v) is 1.35. The third-order valence-electron chi connectivity index (χ3n) is 2.28. The van der Waals surface area contributed by atoms with Gasteiger partial charge in [-0.05, 0) is 25.6 Å². The summed E-state index contributed by atoms with van der Waals surface area (Å²) in [5.41, 5.74) is 1.03. The maximum Gasteiger partial charge on any atom is 0.239 e. The van der Waals surface area contributed by atoms with Gasteiger partial charge in [-0.2, -0.15) is 0 Å². The van der Waals surface area contributed by atoms with Crippen molar-refractivity contribution < 1.29 is 9.59 Å². The molecule has 0 aromatic carbocycles. The average Bonchev–Trinajstić information content (AvgIpc) is 2.31. The highest BCUT2D eigenvalue weighted by Gasteiger charge is 2.10. The molecule has 6 nitrogen and oxygen atoms in total. The van der Waals surface area contributed by atoms with Crippen molar-refractivity contribution in [3.05, 3.63) is 23.9 Å². The minimum absolute atomic E-state index is 0.126. The van der Waals surface area contributed by atoms with E-state index >= 15 is 0 Å². The molecule has 0 unspecified atom stereocenters. The number of carbonyl (C=O) groups excluding carboxylic acids is 2. The van der Waals surface area contributed by atoms with Crippen molar-refractivity contribution in [2.75, 3.05) is 32.5 Å². The van der Waals surface area contributed by atoms with E-state index in [1.165, 1.54) is 0 Å². The van der Waals surface area contributed by atoms with E-state index in [4.69, 9.17) is 0 Å². The molecule has 1 rings (SSSR count). The van der Waals surface area contributed by atoms with Crippen LogP contribution in [0.1, 0.15) is 5.56 Å². The summed E-state index contributed by atoms with van der Waals surface area (Å²) in [7, 11) is 3.27. The highest BCUT2D eigenvalue weighted by molar-refractivity contribution is 5.91. The minimum atomic E-state index is -0.197. The van der Waals surface area contributed by atoms with Crippen LogP contribution in [0.3, 0.4) is 0 Å². The number of hydrogen-bond donors (Lipinski definition) is 2. The van der Waals surface area contributed by atoms with Gasteiger partial charge in [0.05, 0.1) is 13.1 Å². The Morgan fingerprint density at radius 1 is 1.28 bits per heavy atom. The van der Waals surface area contributed by atoms with Crippen LogP contribution >= 0.6 is 0 Å². The van der Waals surface area contributed by atoms with Gasteiger partial charge in [0.1, 0.15) is 5.82 Å². The largest absolute Gasteiger partial charge is 0.358 e. The molecule has 0 saturated heterocycles. The third-order valence-corrected chi connectivity index (χ3v) is 2.28. The van der Waals surface area contributed by atoms with Crippen molar-refractivity contribution >= 4 is 17.6 Å². The fourth-order valence-electron chi connectivity index (χ4n) is 1.35. The van der Waals surface area contributed by atoms with E-state index in [-0.39, 0.29) is 24.9 Å². The zero-order valence-electron chi connectivity index (χ0n) is 10.9. The van der Waals surface area contributed by atoms with Crippen molar-refractivity contribution in [2.45, 2.75) is 6.92 Å². The van der Waals surface area contributed by atoms with Crippen LogP contribution in [0, 0.1) is 6.92 Å². The quantitative estimate of drug-likeness (QED) is 0.772. The molecule has 0 aliphatic rings. The Labute approximate surface area is 106 Å². The first-order valence-corrected chi connectivity index (χ1v) is 5.63. The van der Waals surface area contributed by atoms with Crippen LogP contribution in [0.2, 0.25) is 0 Å². The molecule has 0 aliphatic heterocycles. The molecule has 0 atom stereocenters. The molecule has 1 aromatic rings. The number of nitrogens with one attached hydrogen (secondary N) is 2. The maximum absolute atomic E-state index is 11.7. The van der Waals surface area contributed by atoms with Crippen LogP contribution in [-0.4, -0.2) is 48.9 Å². The molecule has 2 amide bonds. The summed E-state index contributed by atoms with van der Waals surface area (Å²) in [5, 5.41) is 5.17. The smallest absolute Gasteiger partial charge is 0.239 e. The lowest BCUT2D eigenvalue weighted by molar-refractivity contribution is -0.122. The van der Waals surface area contributed by atoms with Crippen LogP contribution < -0.4 is 10.6 Å². The second kappa shape index (κ2) is 6.70. The number of aryl methyl sites for hydroxylation is 1. The van der Waals surface area contributed by atoms with Crippen molar-refractivity contribution in [1.29, 1.82) is 0 Å². The van der Waals surface area contributed by atoms with E-state index in [9.17, 15) is 9.59 Å². The van der Waals surface area contributed by atoms with E-state index in [2.05, 4.69) is 15.6 Å². The van der Waals surface area contributed by atoms with Crippen LogP contribution in [-0.2, 0) is 9.59 Å². The number of anilines is 1. The molecule has 0 saturated carbocycles. The lowest BCUT2D eigenvalue weighted by Crippen LogP contribution is -2.37. The Balaban J connectivity index is 2.41. The van der Waals surface area contributed by atoms with Gasteiger partial charge in [-0.25, -0.2) is 4.98 Å². The van der Waals surface area contributed by atoms with Crippen LogP contribution in [0.25, 0.3) is 0 Å². The molecule has 98 valence electrons. The average molecular weight is 250 g/mol. The first-order valence-electron chi connectivity index (χ1n) is 5.63. The van der Waals surface area contributed by atoms with Crippen molar-refractivity contribution in [3.63, 3.8) is 0 Å². The number of rotatable bonds is 5. The number of hydrogen-bond acceptors (Lipinski definition) is 4. The Morgan fingerprint density at radius 3 is 2.50 bits per heavy atom. The van der Waals surface area contributed by atoms with E-state index in [0.29, 0.717) is 5.82 Å². The van der Waals surface area contributed by atoms with Crippen LogP contribution in [0.5, 0.6) is 0 Å². The standard InChI is InChI=1S/C12H18N4O2/c1-9-4-5-10(14-6-9)15-12(18)8-16(3)7-11(17)13-2/h4-6H,7-8H2,1-3H3,(H,13,17)(H,14,15,18). The van der Waals surface area contributed by atoms with Gasteiger partial charge < -0.3 is 10.6 Å². The van der Waals surface area contributed by atoms with E-state index in [1.54, 1.807) is 31.3 Å².